The molecule has 0 aliphatic heterocycles. The monoisotopic (exact) mass is 152 g/mol. The molecule has 0 amide bonds. The first kappa shape index (κ1) is 8.83. The first-order chi connectivity index (χ1) is 4.71. The third-order valence-corrected chi connectivity index (χ3v) is 4.14. The van der Waals surface area contributed by atoms with Crippen LogP contribution in [0, 0.1) is 16.2 Å². The minimum Gasteiger partial charge on any atom is -0.0817 e. The minimum atomic E-state index is 0.344. The Labute approximate surface area is 70.7 Å². The van der Waals surface area contributed by atoms with Gasteiger partial charge in [-0.25, -0.2) is 0 Å². The van der Waals surface area contributed by atoms with Gasteiger partial charge in [-0.15, -0.1) is 0 Å². The zero-order chi connectivity index (χ0) is 8.91. The number of hydrogen-bond donors (Lipinski definition) is 0. The molecular weight excluding hydrogens is 132 g/mol. The summed E-state index contributed by atoms with van der Waals surface area (Å²) in [7, 11) is 0. The van der Waals surface area contributed by atoms with Gasteiger partial charge in [-0.3, -0.25) is 0 Å². The van der Waals surface area contributed by atoms with Crippen molar-refractivity contribution in [1.29, 1.82) is 0 Å². The van der Waals surface area contributed by atoms with Gasteiger partial charge in [-0.1, -0.05) is 53.7 Å². The van der Waals surface area contributed by atoms with Crippen LogP contribution in [0.25, 0.3) is 0 Å². The Kier molecular flexibility index (Phi) is 1.53. The molecule has 0 heteroatoms. The summed E-state index contributed by atoms with van der Waals surface area (Å²) in [6.45, 7) is 14.0. The summed E-state index contributed by atoms with van der Waals surface area (Å²) in [5.41, 5.74) is 1.06. The van der Waals surface area contributed by atoms with Gasteiger partial charge in [0.15, 0.2) is 0 Å². The first-order valence-electron chi connectivity index (χ1n) is 4.41. The van der Waals surface area contributed by atoms with E-state index in [1.165, 1.54) is 0 Å². The van der Waals surface area contributed by atoms with Crippen molar-refractivity contribution in [3.05, 3.63) is 12.2 Å². The van der Waals surface area contributed by atoms with Crippen LogP contribution in [0.3, 0.4) is 0 Å². The van der Waals surface area contributed by atoms with E-state index >= 15 is 0 Å². The Bertz CT molecular complexity index is 172. The van der Waals surface area contributed by atoms with Crippen LogP contribution in [0.4, 0.5) is 0 Å². The topological polar surface area (TPSA) is 0 Å². The molecule has 1 rings (SSSR count). The van der Waals surface area contributed by atoms with Crippen molar-refractivity contribution in [1.82, 2.24) is 0 Å². The summed E-state index contributed by atoms with van der Waals surface area (Å²) in [6.07, 6.45) is 4.71. The fraction of sp³-hybridized carbons (Fsp3) is 0.818. The lowest BCUT2D eigenvalue weighted by atomic mass is 9.60. The van der Waals surface area contributed by atoms with Gasteiger partial charge in [0.2, 0.25) is 0 Å². The maximum atomic E-state index is 2.35. The molecule has 0 atom stereocenters. The fourth-order valence-corrected chi connectivity index (χ4v) is 1.66. The Morgan fingerprint density at radius 1 is 0.636 bits per heavy atom. The highest BCUT2D eigenvalue weighted by molar-refractivity contribution is 5.20. The number of rotatable bonds is 0. The van der Waals surface area contributed by atoms with Crippen molar-refractivity contribution in [2.45, 2.75) is 41.5 Å². The van der Waals surface area contributed by atoms with Crippen molar-refractivity contribution in [3.8, 4) is 0 Å². The highest BCUT2D eigenvalue weighted by Gasteiger charge is 2.49. The van der Waals surface area contributed by atoms with Gasteiger partial charge >= 0.3 is 0 Å². The summed E-state index contributed by atoms with van der Waals surface area (Å²) >= 11 is 0. The number of allylic oxidation sites excluding steroid dienone is 2. The van der Waals surface area contributed by atoms with Crippen LogP contribution in [0.15, 0.2) is 12.2 Å². The molecule has 1 aliphatic rings. The van der Waals surface area contributed by atoms with Crippen molar-refractivity contribution in [2.24, 2.45) is 16.2 Å². The standard InChI is InChI=1S/C11H20/c1-9(2)7-8-10(3,4)11(9,5)6/h7-8H,1-6H3. The van der Waals surface area contributed by atoms with E-state index in [0.29, 0.717) is 16.2 Å². The van der Waals surface area contributed by atoms with E-state index < -0.39 is 0 Å². The van der Waals surface area contributed by atoms with Crippen LogP contribution in [0.2, 0.25) is 0 Å². The van der Waals surface area contributed by atoms with E-state index in [2.05, 4.69) is 53.7 Å². The predicted molar refractivity (Wildman–Crippen MR) is 50.5 cm³/mol. The molecular formula is C11H20. The Balaban J connectivity index is 3.09. The van der Waals surface area contributed by atoms with Gasteiger partial charge in [0.1, 0.15) is 0 Å². The van der Waals surface area contributed by atoms with Crippen molar-refractivity contribution < 1.29 is 0 Å². The average Bonchev–Trinajstić information content (AvgIpc) is 1.93. The number of hydrogen-bond acceptors (Lipinski definition) is 0. The molecule has 0 nitrogen and oxygen atoms in total. The molecule has 11 heavy (non-hydrogen) atoms. The summed E-state index contributed by atoms with van der Waals surface area (Å²) in [6, 6.07) is 0. The van der Waals surface area contributed by atoms with E-state index in [0.717, 1.165) is 0 Å². The van der Waals surface area contributed by atoms with Crippen molar-refractivity contribution >= 4 is 0 Å². The SMILES string of the molecule is CC1(C)C=CC(C)(C)C1(C)C. The van der Waals surface area contributed by atoms with E-state index in [4.69, 9.17) is 0 Å². The second-order valence-corrected chi connectivity index (χ2v) is 5.40. The third-order valence-electron chi connectivity index (χ3n) is 4.14. The maximum absolute atomic E-state index is 2.35. The second-order valence-electron chi connectivity index (χ2n) is 5.40. The molecule has 64 valence electrons. The van der Waals surface area contributed by atoms with E-state index in [1.807, 2.05) is 0 Å². The molecule has 0 radical (unpaired) electrons. The molecule has 0 N–H and O–H groups in total. The highest BCUT2D eigenvalue weighted by atomic mass is 14.5. The van der Waals surface area contributed by atoms with Crippen LogP contribution in [-0.4, -0.2) is 0 Å². The molecule has 0 bridgehead atoms. The summed E-state index contributed by atoms with van der Waals surface area (Å²) in [5, 5.41) is 0. The van der Waals surface area contributed by atoms with Crippen LogP contribution in [-0.2, 0) is 0 Å². The Morgan fingerprint density at radius 2 is 0.909 bits per heavy atom. The smallest absolute Gasteiger partial charge is 0.0115 e. The molecule has 0 saturated carbocycles. The van der Waals surface area contributed by atoms with Crippen LogP contribution in [0.1, 0.15) is 41.5 Å². The van der Waals surface area contributed by atoms with Gasteiger partial charge in [-0.05, 0) is 16.2 Å². The van der Waals surface area contributed by atoms with Crippen LogP contribution >= 0.6 is 0 Å². The molecule has 0 saturated heterocycles. The first-order valence-corrected chi connectivity index (χ1v) is 4.41. The fourth-order valence-electron chi connectivity index (χ4n) is 1.66. The third kappa shape index (κ3) is 0.953. The molecule has 0 aromatic heterocycles. The van der Waals surface area contributed by atoms with Gasteiger partial charge in [-0.2, -0.15) is 0 Å². The zero-order valence-electron chi connectivity index (χ0n) is 8.65. The lowest BCUT2D eigenvalue weighted by molar-refractivity contribution is 0.0723. The highest BCUT2D eigenvalue weighted by Crippen LogP contribution is 2.57. The van der Waals surface area contributed by atoms with Gasteiger partial charge in [0, 0.05) is 0 Å². The Morgan fingerprint density at radius 3 is 1.00 bits per heavy atom. The molecule has 0 unspecified atom stereocenters. The quantitative estimate of drug-likeness (QED) is 0.465. The van der Waals surface area contributed by atoms with Gasteiger partial charge in [0.05, 0.1) is 0 Å². The molecule has 1 aliphatic carbocycles. The van der Waals surface area contributed by atoms with E-state index in [-0.39, 0.29) is 0 Å². The van der Waals surface area contributed by atoms with E-state index in [9.17, 15) is 0 Å². The normalized spacial score (nSPS) is 30.7. The molecule has 0 aromatic carbocycles. The van der Waals surface area contributed by atoms with Crippen molar-refractivity contribution in [3.63, 3.8) is 0 Å². The lowest BCUT2D eigenvalue weighted by Gasteiger charge is -2.44. The average molecular weight is 152 g/mol. The minimum absolute atomic E-state index is 0.344. The molecule has 0 fully saturated rings. The van der Waals surface area contributed by atoms with Crippen molar-refractivity contribution in [2.75, 3.05) is 0 Å². The zero-order valence-corrected chi connectivity index (χ0v) is 8.65. The van der Waals surface area contributed by atoms with Crippen LogP contribution in [0.5, 0.6) is 0 Å². The van der Waals surface area contributed by atoms with Gasteiger partial charge < -0.3 is 0 Å². The second kappa shape index (κ2) is 1.91. The summed E-state index contributed by atoms with van der Waals surface area (Å²) < 4.78 is 0. The summed E-state index contributed by atoms with van der Waals surface area (Å²) in [4.78, 5) is 0. The van der Waals surface area contributed by atoms with Crippen LogP contribution < -0.4 is 0 Å². The van der Waals surface area contributed by atoms with E-state index in [1.54, 1.807) is 0 Å². The molecule has 0 heterocycles. The molecule has 0 spiro atoms. The van der Waals surface area contributed by atoms with Gasteiger partial charge in [0.25, 0.3) is 0 Å². The lowest BCUT2D eigenvalue weighted by Crippen LogP contribution is -2.37. The predicted octanol–water partition coefficient (Wildman–Crippen LogP) is 3.63. The summed E-state index contributed by atoms with van der Waals surface area (Å²) in [5.74, 6) is 0. The maximum Gasteiger partial charge on any atom is -0.0115 e. The Hall–Kier alpha value is -0.260. The molecule has 0 aromatic rings. The largest absolute Gasteiger partial charge is 0.0817 e.